The van der Waals surface area contributed by atoms with Gasteiger partial charge in [0.1, 0.15) is 0 Å². The maximum atomic E-state index is 10.5. The van der Waals surface area contributed by atoms with Crippen LogP contribution in [0.3, 0.4) is 0 Å². The predicted octanol–water partition coefficient (Wildman–Crippen LogP) is 3.88. The zero-order valence-corrected chi connectivity index (χ0v) is 11.1. The number of fused-ring (bicyclic) bond motifs is 2. The third-order valence-corrected chi connectivity index (χ3v) is 5.40. The molecule has 2 aliphatic rings. The summed E-state index contributed by atoms with van der Waals surface area (Å²) >= 11 is 1.75. The third-order valence-electron chi connectivity index (χ3n) is 4.66. The third kappa shape index (κ3) is 2.13. The van der Waals surface area contributed by atoms with Crippen LogP contribution in [0.25, 0.3) is 0 Å². The molecule has 92 valence electrons. The Labute approximate surface area is 108 Å². The van der Waals surface area contributed by atoms with Crippen molar-refractivity contribution in [2.75, 3.05) is 6.26 Å². The molecule has 0 aliphatic heterocycles. The first-order chi connectivity index (χ1) is 8.28. The Kier molecular flexibility index (Phi) is 3.18. The number of hydrogen-bond acceptors (Lipinski definition) is 2. The van der Waals surface area contributed by atoms with Crippen LogP contribution in [0.1, 0.15) is 37.4 Å². The smallest absolute Gasteiger partial charge is 0.0820 e. The molecule has 1 nitrogen and oxygen atoms in total. The lowest BCUT2D eigenvalue weighted by molar-refractivity contribution is 0.0745. The Morgan fingerprint density at radius 2 is 1.94 bits per heavy atom. The van der Waals surface area contributed by atoms with Crippen molar-refractivity contribution in [2.45, 2.75) is 36.7 Å². The van der Waals surface area contributed by atoms with Crippen LogP contribution in [-0.2, 0) is 0 Å². The van der Waals surface area contributed by atoms with Crippen molar-refractivity contribution < 1.29 is 5.11 Å². The Bertz CT molecular complexity index is 386. The molecule has 1 aromatic carbocycles. The Morgan fingerprint density at radius 1 is 1.18 bits per heavy atom. The molecule has 0 radical (unpaired) electrons. The van der Waals surface area contributed by atoms with Crippen molar-refractivity contribution in [3.63, 3.8) is 0 Å². The number of rotatable bonds is 3. The quantitative estimate of drug-likeness (QED) is 0.819. The van der Waals surface area contributed by atoms with Gasteiger partial charge in [0.25, 0.3) is 0 Å². The first-order valence-corrected chi connectivity index (χ1v) is 7.82. The highest BCUT2D eigenvalue weighted by Gasteiger charge is 2.42. The van der Waals surface area contributed by atoms with E-state index in [1.54, 1.807) is 11.8 Å². The molecule has 4 unspecified atom stereocenters. The van der Waals surface area contributed by atoms with Crippen molar-refractivity contribution in [1.82, 2.24) is 0 Å². The fourth-order valence-electron chi connectivity index (χ4n) is 3.73. The summed E-state index contributed by atoms with van der Waals surface area (Å²) in [5, 5.41) is 10.5. The Balaban J connectivity index is 1.74. The van der Waals surface area contributed by atoms with Crippen molar-refractivity contribution in [1.29, 1.82) is 0 Å². The van der Waals surface area contributed by atoms with Crippen LogP contribution < -0.4 is 0 Å². The minimum Gasteiger partial charge on any atom is -0.388 e. The van der Waals surface area contributed by atoms with Gasteiger partial charge in [-0.25, -0.2) is 0 Å². The van der Waals surface area contributed by atoms with Crippen molar-refractivity contribution >= 4 is 11.8 Å². The molecule has 2 heteroatoms. The summed E-state index contributed by atoms with van der Waals surface area (Å²) in [6, 6.07) is 8.44. The molecule has 3 rings (SSSR count). The molecule has 4 atom stereocenters. The van der Waals surface area contributed by atoms with E-state index in [9.17, 15) is 5.11 Å². The molecule has 1 aromatic rings. The Hall–Kier alpha value is -0.470. The molecular weight excluding hydrogens is 228 g/mol. The highest BCUT2D eigenvalue weighted by atomic mass is 32.2. The van der Waals surface area contributed by atoms with E-state index in [0.717, 1.165) is 17.4 Å². The largest absolute Gasteiger partial charge is 0.388 e. The molecule has 0 amide bonds. The minimum absolute atomic E-state index is 0.235. The highest BCUT2D eigenvalue weighted by Crippen LogP contribution is 2.52. The summed E-state index contributed by atoms with van der Waals surface area (Å²) in [5.74, 6) is 2.22. The molecule has 2 fully saturated rings. The van der Waals surface area contributed by atoms with Gasteiger partial charge in [-0.1, -0.05) is 18.6 Å². The second-order valence-electron chi connectivity index (χ2n) is 5.56. The number of aliphatic hydroxyl groups is 1. The molecule has 1 N–H and O–H groups in total. The fourth-order valence-corrected chi connectivity index (χ4v) is 4.14. The number of aliphatic hydroxyl groups excluding tert-OH is 1. The topological polar surface area (TPSA) is 20.2 Å². The second-order valence-corrected chi connectivity index (χ2v) is 6.44. The lowest BCUT2D eigenvalue weighted by Gasteiger charge is -2.27. The first kappa shape index (κ1) is 11.6. The van der Waals surface area contributed by atoms with Crippen LogP contribution in [0.15, 0.2) is 29.2 Å². The average molecular weight is 248 g/mol. The summed E-state index contributed by atoms with van der Waals surface area (Å²) in [6.45, 7) is 0. The van der Waals surface area contributed by atoms with Crippen LogP contribution in [0.5, 0.6) is 0 Å². The molecular formula is C15H20OS. The number of hydrogen-bond donors (Lipinski definition) is 1. The van der Waals surface area contributed by atoms with Gasteiger partial charge in [-0.2, -0.15) is 0 Å². The number of benzene rings is 1. The van der Waals surface area contributed by atoms with Gasteiger partial charge in [0, 0.05) is 4.90 Å². The van der Waals surface area contributed by atoms with E-state index in [1.807, 2.05) is 0 Å². The molecule has 2 bridgehead atoms. The first-order valence-electron chi connectivity index (χ1n) is 6.60. The zero-order chi connectivity index (χ0) is 11.8. The molecule has 0 heterocycles. The van der Waals surface area contributed by atoms with E-state index in [-0.39, 0.29) is 6.10 Å². The summed E-state index contributed by atoms with van der Waals surface area (Å²) in [6.07, 6.45) is 7.21. The standard InChI is InChI=1S/C15H20OS/c1-17-13-6-4-11(5-7-13)15(16)14-9-10-2-3-12(14)8-10/h4-7,10,12,14-16H,2-3,8-9H2,1H3. The molecule has 0 aromatic heterocycles. The van der Waals surface area contributed by atoms with Gasteiger partial charge < -0.3 is 5.11 Å². The minimum atomic E-state index is -0.235. The van der Waals surface area contributed by atoms with Gasteiger partial charge in [-0.05, 0) is 61.0 Å². The molecule has 2 saturated carbocycles. The summed E-state index contributed by atoms with van der Waals surface area (Å²) < 4.78 is 0. The van der Waals surface area contributed by atoms with E-state index < -0.39 is 0 Å². The molecule has 0 saturated heterocycles. The summed E-state index contributed by atoms with van der Waals surface area (Å²) in [4.78, 5) is 1.27. The second kappa shape index (κ2) is 4.66. The Morgan fingerprint density at radius 3 is 2.47 bits per heavy atom. The highest BCUT2D eigenvalue weighted by molar-refractivity contribution is 7.98. The fraction of sp³-hybridized carbons (Fsp3) is 0.600. The van der Waals surface area contributed by atoms with Crippen molar-refractivity contribution in [3.05, 3.63) is 29.8 Å². The maximum absolute atomic E-state index is 10.5. The monoisotopic (exact) mass is 248 g/mol. The van der Waals surface area contributed by atoms with Crippen LogP contribution in [0.2, 0.25) is 0 Å². The van der Waals surface area contributed by atoms with E-state index >= 15 is 0 Å². The van der Waals surface area contributed by atoms with E-state index in [0.29, 0.717) is 5.92 Å². The van der Waals surface area contributed by atoms with Gasteiger partial charge in [0.05, 0.1) is 6.10 Å². The van der Waals surface area contributed by atoms with Crippen LogP contribution in [0, 0.1) is 17.8 Å². The lowest BCUT2D eigenvalue weighted by Crippen LogP contribution is -2.19. The van der Waals surface area contributed by atoms with Gasteiger partial charge in [0.2, 0.25) is 0 Å². The van der Waals surface area contributed by atoms with Crippen LogP contribution in [-0.4, -0.2) is 11.4 Å². The summed E-state index contributed by atoms with van der Waals surface area (Å²) in [7, 11) is 0. The summed E-state index contributed by atoms with van der Waals surface area (Å²) in [5.41, 5.74) is 1.11. The maximum Gasteiger partial charge on any atom is 0.0820 e. The molecule has 17 heavy (non-hydrogen) atoms. The zero-order valence-electron chi connectivity index (χ0n) is 10.3. The van der Waals surface area contributed by atoms with Crippen molar-refractivity contribution in [2.24, 2.45) is 17.8 Å². The van der Waals surface area contributed by atoms with Crippen LogP contribution in [0.4, 0.5) is 0 Å². The van der Waals surface area contributed by atoms with E-state index in [1.165, 1.54) is 30.6 Å². The SMILES string of the molecule is CSc1ccc(C(O)C2CC3CCC2C3)cc1. The lowest BCUT2D eigenvalue weighted by atomic mass is 9.82. The van der Waals surface area contributed by atoms with Gasteiger partial charge in [-0.3, -0.25) is 0 Å². The normalized spacial score (nSPS) is 32.9. The average Bonchev–Trinajstić information content (AvgIpc) is 3.00. The van der Waals surface area contributed by atoms with E-state index in [2.05, 4.69) is 30.5 Å². The predicted molar refractivity (Wildman–Crippen MR) is 72.1 cm³/mol. The van der Waals surface area contributed by atoms with Crippen molar-refractivity contribution in [3.8, 4) is 0 Å². The van der Waals surface area contributed by atoms with Gasteiger partial charge in [-0.15, -0.1) is 11.8 Å². The van der Waals surface area contributed by atoms with Gasteiger partial charge in [0.15, 0.2) is 0 Å². The van der Waals surface area contributed by atoms with E-state index in [4.69, 9.17) is 0 Å². The molecule has 0 spiro atoms. The number of thioether (sulfide) groups is 1. The van der Waals surface area contributed by atoms with Crippen LogP contribution >= 0.6 is 11.8 Å². The van der Waals surface area contributed by atoms with Gasteiger partial charge >= 0.3 is 0 Å². The molecule has 2 aliphatic carbocycles.